The van der Waals surface area contributed by atoms with Crippen molar-refractivity contribution in [1.29, 1.82) is 0 Å². The summed E-state index contributed by atoms with van der Waals surface area (Å²) in [6, 6.07) is 8.34. The second-order valence-corrected chi connectivity index (χ2v) is 8.65. The topological polar surface area (TPSA) is 36.9 Å². The van der Waals surface area contributed by atoms with Crippen LogP contribution in [0.3, 0.4) is 0 Å². The third kappa shape index (κ3) is 2.65. The molecule has 4 unspecified atom stereocenters. The first-order valence-electron chi connectivity index (χ1n) is 9.56. The molecule has 0 aromatic heterocycles. The first-order chi connectivity index (χ1) is 12.2. The Kier molecular flexibility index (Phi) is 3.75. The van der Waals surface area contributed by atoms with E-state index in [9.17, 15) is 0 Å². The van der Waals surface area contributed by atoms with E-state index in [-0.39, 0.29) is 5.41 Å². The van der Waals surface area contributed by atoms with Gasteiger partial charge in [0.1, 0.15) is 0 Å². The molecule has 1 N–H and O–H groups in total. The Morgan fingerprint density at radius 3 is 2.60 bits per heavy atom. The van der Waals surface area contributed by atoms with Crippen molar-refractivity contribution in [3.63, 3.8) is 0 Å². The molecule has 1 aromatic carbocycles. The quantitative estimate of drug-likeness (QED) is 0.665. The average Bonchev–Trinajstić information content (AvgIpc) is 2.97. The Morgan fingerprint density at radius 1 is 1.28 bits per heavy atom. The van der Waals surface area contributed by atoms with Crippen molar-refractivity contribution in [3.05, 3.63) is 34.9 Å². The van der Waals surface area contributed by atoms with Gasteiger partial charge in [-0.3, -0.25) is 4.99 Å². The molecular formula is C20H26ClN3O. The molecule has 0 radical (unpaired) electrons. The molecule has 0 amide bonds. The summed E-state index contributed by atoms with van der Waals surface area (Å²) in [7, 11) is 1.90. The number of hydrogen-bond donors (Lipinski definition) is 1. The number of likely N-dealkylation sites (tertiary alicyclic amines) is 1. The van der Waals surface area contributed by atoms with Gasteiger partial charge in [-0.2, -0.15) is 0 Å². The van der Waals surface area contributed by atoms with E-state index in [1.165, 1.54) is 31.2 Å². The lowest BCUT2D eigenvalue weighted by Crippen LogP contribution is -2.44. The van der Waals surface area contributed by atoms with Crippen LogP contribution < -0.4 is 5.32 Å². The molecule has 3 aliphatic heterocycles. The molecule has 4 fully saturated rings. The minimum absolute atomic E-state index is 0.235. The van der Waals surface area contributed by atoms with Gasteiger partial charge < -0.3 is 15.0 Å². The van der Waals surface area contributed by atoms with E-state index in [1.54, 1.807) is 0 Å². The van der Waals surface area contributed by atoms with Gasteiger partial charge in [0.2, 0.25) is 0 Å². The van der Waals surface area contributed by atoms with Crippen molar-refractivity contribution in [2.45, 2.75) is 43.3 Å². The van der Waals surface area contributed by atoms with E-state index in [4.69, 9.17) is 16.3 Å². The summed E-state index contributed by atoms with van der Waals surface area (Å²) in [5.74, 6) is 2.47. The number of fused-ring (bicyclic) bond motifs is 5. The summed E-state index contributed by atoms with van der Waals surface area (Å²) in [6.07, 6.45) is 5.95. The highest BCUT2D eigenvalue weighted by atomic mass is 35.5. The monoisotopic (exact) mass is 359 g/mol. The highest BCUT2D eigenvalue weighted by molar-refractivity contribution is 6.30. The molecule has 134 valence electrons. The summed E-state index contributed by atoms with van der Waals surface area (Å²) in [5.41, 5.74) is 1.59. The summed E-state index contributed by atoms with van der Waals surface area (Å²) in [5, 5.41) is 4.49. The maximum absolute atomic E-state index is 6.20. The number of nitrogens with zero attached hydrogens (tertiary/aromatic N) is 2. The summed E-state index contributed by atoms with van der Waals surface area (Å²) < 4.78 is 6.09. The molecule has 1 saturated carbocycles. The van der Waals surface area contributed by atoms with Gasteiger partial charge in [0.15, 0.2) is 5.96 Å². The molecule has 1 aliphatic carbocycles. The number of hydrogen-bond acceptors (Lipinski definition) is 2. The number of ether oxygens (including phenoxy) is 1. The number of benzene rings is 1. The predicted molar refractivity (Wildman–Crippen MR) is 100 cm³/mol. The normalized spacial score (nSPS) is 35.1. The van der Waals surface area contributed by atoms with Crippen molar-refractivity contribution in [3.8, 4) is 0 Å². The molecule has 3 heterocycles. The SMILES string of the molecule is CN=C(NCC1(c2cccc(Cl)c2)CC1)N1CC2C3CCC(O3)C2C1. The van der Waals surface area contributed by atoms with E-state index >= 15 is 0 Å². The smallest absolute Gasteiger partial charge is 0.193 e. The first-order valence-corrected chi connectivity index (χ1v) is 9.93. The number of aliphatic imine (C=N–C) groups is 1. The first kappa shape index (κ1) is 16.0. The Labute approximate surface area is 154 Å². The van der Waals surface area contributed by atoms with Crippen LogP contribution in [0.15, 0.2) is 29.3 Å². The summed E-state index contributed by atoms with van der Waals surface area (Å²) in [4.78, 5) is 7.03. The fourth-order valence-electron chi connectivity index (χ4n) is 5.25. The average molecular weight is 360 g/mol. The van der Waals surface area contributed by atoms with Crippen LogP contribution in [0.1, 0.15) is 31.2 Å². The van der Waals surface area contributed by atoms with Crippen LogP contribution in [0.2, 0.25) is 5.02 Å². The Balaban J connectivity index is 1.25. The highest BCUT2D eigenvalue weighted by Crippen LogP contribution is 2.49. The molecule has 25 heavy (non-hydrogen) atoms. The molecule has 3 saturated heterocycles. The van der Waals surface area contributed by atoms with Gasteiger partial charge in [0.05, 0.1) is 12.2 Å². The fraction of sp³-hybridized carbons (Fsp3) is 0.650. The second kappa shape index (κ2) is 5.88. The largest absolute Gasteiger partial charge is 0.374 e. The zero-order valence-electron chi connectivity index (χ0n) is 14.7. The van der Waals surface area contributed by atoms with Gasteiger partial charge in [-0.25, -0.2) is 0 Å². The van der Waals surface area contributed by atoms with Gasteiger partial charge in [0, 0.05) is 49.0 Å². The van der Waals surface area contributed by atoms with Gasteiger partial charge >= 0.3 is 0 Å². The van der Waals surface area contributed by atoms with Crippen LogP contribution in [-0.2, 0) is 10.2 Å². The van der Waals surface area contributed by atoms with Crippen molar-refractivity contribution in [2.24, 2.45) is 16.8 Å². The molecule has 5 heteroatoms. The molecule has 5 rings (SSSR count). The summed E-state index contributed by atoms with van der Waals surface area (Å²) in [6.45, 7) is 3.13. The van der Waals surface area contributed by atoms with E-state index in [2.05, 4.69) is 33.4 Å². The fourth-order valence-corrected chi connectivity index (χ4v) is 5.44. The molecule has 4 atom stereocenters. The van der Waals surface area contributed by atoms with Gasteiger partial charge in [-0.1, -0.05) is 23.7 Å². The number of halogens is 1. The van der Waals surface area contributed by atoms with E-state index < -0.39 is 0 Å². The zero-order valence-corrected chi connectivity index (χ0v) is 15.5. The molecular weight excluding hydrogens is 334 g/mol. The Hall–Kier alpha value is -1.26. The molecule has 2 bridgehead atoms. The van der Waals surface area contributed by atoms with E-state index in [0.29, 0.717) is 24.0 Å². The molecule has 4 aliphatic rings. The second-order valence-electron chi connectivity index (χ2n) is 8.21. The molecule has 0 spiro atoms. The molecule has 4 nitrogen and oxygen atoms in total. The summed E-state index contributed by atoms with van der Waals surface area (Å²) >= 11 is 6.20. The maximum atomic E-state index is 6.20. The minimum atomic E-state index is 0.235. The van der Waals surface area contributed by atoms with Crippen LogP contribution in [0, 0.1) is 11.8 Å². The van der Waals surface area contributed by atoms with Crippen molar-refractivity contribution < 1.29 is 4.74 Å². The van der Waals surface area contributed by atoms with Crippen LogP contribution in [0.5, 0.6) is 0 Å². The van der Waals surface area contributed by atoms with Gasteiger partial charge in [-0.05, 0) is 43.4 Å². The standard InChI is InChI=1S/C20H26ClN3O/c1-22-19(24-10-15-16(11-24)18-6-5-17(15)25-18)23-12-20(7-8-20)13-3-2-4-14(21)9-13/h2-4,9,15-18H,5-8,10-12H2,1H3,(H,22,23). The Morgan fingerprint density at radius 2 is 2.00 bits per heavy atom. The molecule has 1 aromatic rings. The lowest BCUT2D eigenvalue weighted by Gasteiger charge is -2.26. The van der Waals surface area contributed by atoms with E-state index in [1.807, 2.05) is 13.1 Å². The van der Waals surface area contributed by atoms with Crippen LogP contribution in [-0.4, -0.2) is 49.7 Å². The van der Waals surface area contributed by atoms with Gasteiger partial charge in [-0.15, -0.1) is 0 Å². The van der Waals surface area contributed by atoms with Crippen molar-refractivity contribution >= 4 is 17.6 Å². The highest BCUT2D eigenvalue weighted by Gasteiger charge is 2.53. The van der Waals surface area contributed by atoms with Crippen molar-refractivity contribution in [1.82, 2.24) is 10.2 Å². The van der Waals surface area contributed by atoms with Crippen LogP contribution in [0.4, 0.5) is 0 Å². The Bertz CT molecular complexity index is 684. The maximum Gasteiger partial charge on any atom is 0.193 e. The predicted octanol–water partition coefficient (Wildman–Crippen LogP) is 3.06. The minimum Gasteiger partial charge on any atom is -0.374 e. The van der Waals surface area contributed by atoms with Crippen molar-refractivity contribution in [2.75, 3.05) is 26.7 Å². The van der Waals surface area contributed by atoms with E-state index in [0.717, 1.165) is 30.6 Å². The van der Waals surface area contributed by atoms with Gasteiger partial charge in [0.25, 0.3) is 0 Å². The number of guanidine groups is 1. The zero-order chi connectivity index (χ0) is 17.0. The third-order valence-electron chi connectivity index (χ3n) is 6.84. The number of nitrogens with one attached hydrogen (secondary N) is 1. The lowest BCUT2D eigenvalue weighted by molar-refractivity contribution is 0.0767. The third-order valence-corrected chi connectivity index (χ3v) is 7.07. The van der Waals surface area contributed by atoms with Crippen LogP contribution in [0.25, 0.3) is 0 Å². The lowest BCUT2D eigenvalue weighted by atomic mass is 9.82. The van der Waals surface area contributed by atoms with Crippen LogP contribution >= 0.6 is 11.6 Å². The number of rotatable bonds is 3.